The van der Waals surface area contributed by atoms with Crippen molar-refractivity contribution in [3.63, 3.8) is 0 Å². The van der Waals surface area contributed by atoms with Crippen LogP contribution in [-0.4, -0.2) is 7.11 Å². The number of rotatable bonds is 3. The van der Waals surface area contributed by atoms with Crippen molar-refractivity contribution in [2.24, 2.45) is 29.6 Å². The fraction of sp³-hybridized carbons (Fsp3) is 0.750. The Hall–Kier alpha value is -1.05. The second kappa shape index (κ2) is 7.90. The van der Waals surface area contributed by atoms with Crippen molar-refractivity contribution in [2.45, 2.75) is 77.0 Å². The van der Waals surface area contributed by atoms with Crippen molar-refractivity contribution in [2.75, 3.05) is 7.11 Å². The average Bonchev–Trinajstić information content (AvgIpc) is 2.67. The largest absolute Gasteiger partial charge is 0.497 e. The molecule has 1 nitrogen and oxygen atoms in total. The van der Waals surface area contributed by atoms with Gasteiger partial charge in [-0.1, -0.05) is 25.8 Å². The lowest BCUT2D eigenvalue weighted by Crippen LogP contribution is -2.34. The number of methoxy groups -OCH3 is 1. The zero-order chi connectivity index (χ0) is 18.1. The maximum atomic E-state index is 14.5. The zero-order valence-electron chi connectivity index (χ0n) is 16.6. The van der Waals surface area contributed by atoms with E-state index in [0.717, 1.165) is 35.2 Å². The number of ether oxygens (including phenoxy) is 1. The van der Waals surface area contributed by atoms with E-state index in [1.807, 2.05) is 12.1 Å². The first kappa shape index (κ1) is 18.3. The molecular weight excluding hydrogens is 323 g/mol. The van der Waals surface area contributed by atoms with E-state index in [1.54, 1.807) is 13.2 Å². The van der Waals surface area contributed by atoms with Gasteiger partial charge in [0.05, 0.1) is 7.11 Å². The first-order valence-electron chi connectivity index (χ1n) is 11.0. The van der Waals surface area contributed by atoms with E-state index < -0.39 is 0 Å². The van der Waals surface area contributed by atoms with E-state index in [0.29, 0.717) is 11.7 Å². The van der Waals surface area contributed by atoms with Gasteiger partial charge in [-0.3, -0.25) is 0 Å². The van der Waals surface area contributed by atoms with Gasteiger partial charge in [0.15, 0.2) is 0 Å². The van der Waals surface area contributed by atoms with Crippen LogP contribution in [0.2, 0.25) is 0 Å². The Morgan fingerprint density at radius 3 is 2.12 bits per heavy atom. The summed E-state index contributed by atoms with van der Waals surface area (Å²) in [6.45, 7) is 2.42. The Bertz CT molecular complexity index is 604. The van der Waals surface area contributed by atoms with Crippen LogP contribution in [0.3, 0.4) is 0 Å². The van der Waals surface area contributed by atoms with Crippen molar-refractivity contribution >= 4 is 0 Å². The molecular formula is C24H35FO. The predicted octanol–water partition coefficient (Wildman–Crippen LogP) is 6.96. The highest BCUT2D eigenvalue weighted by Gasteiger charge is 2.39. The van der Waals surface area contributed by atoms with Gasteiger partial charge in [-0.15, -0.1) is 0 Å². The summed E-state index contributed by atoms with van der Waals surface area (Å²) in [6, 6.07) is 5.45. The van der Waals surface area contributed by atoms with E-state index in [1.165, 1.54) is 64.2 Å². The SMILES string of the molecule is COc1ccc(C2CCC3CC(C4CCC(C)CC4)CCC3C2)c(F)c1. The van der Waals surface area contributed by atoms with E-state index in [-0.39, 0.29) is 5.82 Å². The molecule has 0 saturated heterocycles. The molecule has 3 aliphatic rings. The van der Waals surface area contributed by atoms with Gasteiger partial charge in [0.25, 0.3) is 0 Å². The summed E-state index contributed by atoms with van der Waals surface area (Å²) in [5.74, 6) is 5.65. The maximum absolute atomic E-state index is 14.5. The number of fused-ring (bicyclic) bond motifs is 1. The first-order chi connectivity index (χ1) is 12.6. The molecule has 3 saturated carbocycles. The third-order valence-electron chi connectivity index (χ3n) is 8.03. The molecule has 4 unspecified atom stereocenters. The summed E-state index contributed by atoms with van der Waals surface area (Å²) < 4.78 is 19.7. The first-order valence-corrected chi connectivity index (χ1v) is 11.0. The molecule has 0 aliphatic heterocycles. The topological polar surface area (TPSA) is 9.23 Å². The Labute approximate surface area is 158 Å². The van der Waals surface area contributed by atoms with Crippen LogP contribution in [0.4, 0.5) is 4.39 Å². The molecule has 1 aromatic rings. The van der Waals surface area contributed by atoms with Crippen LogP contribution in [0, 0.1) is 35.4 Å². The van der Waals surface area contributed by atoms with E-state index >= 15 is 0 Å². The van der Waals surface area contributed by atoms with Gasteiger partial charge in [0.2, 0.25) is 0 Å². The normalized spacial score (nSPS) is 37.8. The van der Waals surface area contributed by atoms with E-state index in [4.69, 9.17) is 4.74 Å². The summed E-state index contributed by atoms with van der Waals surface area (Å²) >= 11 is 0. The standard InChI is InChI=1S/C24H35FO/c1-16-3-5-17(6-4-16)18-7-8-20-14-21(10-9-19(20)13-18)23-12-11-22(26-2)15-24(23)25/h11-12,15-21H,3-10,13-14H2,1-2H3. The quantitative estimate of drug-likeness (QED) is 0.567. The molecule has 4 rings (SSSR count). The highest BCUT2D eigenvalue weighted by atomic mass is 19.1. The molecule has 3 fully saturated rings. The van der Waals surface area contributed by atoms with Crippen molar-refractivity contribution in [1.82, 2.24) is 0 Å². The molecule has 0 heterocycles. The maximum Gasteiger partial charge on any atom is 0.130 e. The van der Waals surface area contributed by atoms with Gasteiger partial charge < -0.3 is 4.74 Å². The molecule has 4 atom stereocenters. The van der Waals surface area contributed by atoms with Gasteiger partial charge in [-0.25, -0.2) is 4.39 Å². The lowest BCUT2D eigenvalue weighted by atomic mass is 9.60. The van der Waals surface area contributed by atoms with Crippen LogP contribution in [-0.2, 0) is 0 Å². The number of hydrogen-bond donors (Lipinski definition) is 0. The van der Waals surface area contributed by atoms with Gasteiger partial charge in [-0.05, 0) is 98.5 Å². The van der Waals surface area contributed by atoms with E-state index in [2.05, 4.69) is 6.92 Å². The van der Waals surface area contributed by atoms with Crippen molar-refractivity contribution < 1.29 is 9.13 Å². The fourth-order valence-corrected chi connectivity index (χ4v) is 6.36. The van der Waals surface area contributed by atoms with Crippen molar-refractivity contribution in [3.05, 3.63) is 29.6 Å². The zero-order valence-corrected chi connectivity index (χ0v) is 16.6. The number of halogens is 1. The molecule has 26 heavy (non-hydrogen) atoms. The minimum absolute atomic E-state index is 0.0715. The summed E-state index contributed by atoms with van der Waals surface area (Å²) in [4.78, 5) is 0. The lowest BCUT2D eigenvalue weighted by Gasteiger charge is -2.45. The Morgan fingerprint density at radius 1 is 0.808 bits per heavy atom. The molecule has 0 radical (unpaired) electrons. The Kier molecular flexibility index (Phi) is 5.57. The third kappa shape index (κ3) is 3.80. The van der Waals surface area contributed by atoms with Crippen LogP contribution in [0.1, 0.15) is 82.6 Å². The monoisotopic (exact) mass is 358 g/mol. The van der Waals surface area contributed by atoms with Gasteiger partial charge >= 0.3 is 0 Å². The Morgan fingerprint density at radius 2 is 1.42 bits per heavy atom. The van der Waals surface area contributed by atoms with Crippen LogP contribution in [0.5, 0.6) is 5.75 Å². The van der Waals surface area contributed by atoms with Gasteiger partial charge in [-0.2, -0.15) is 0 Å². The average molecular weight is 359 g/mol. The summed E-state index contributed by atoms with van der Waals surface area (Å²) in [5.41, 5.74) is 0.924. The predicted molar refractivity (Wildman–Crippen MR) is 105 cm³/mol. The summed E-state index contributed by atoms with van der Waals surface area (Å²) in [5, 5.41) is 0. The molecule has 0 N–H and O–H groups in total. The summed E-state index contributed by atoms with van der Waals surface area (Å²) in [7, 11) is 1.60. The Balaban J connectivity index is 1.36. The molecule has 1 aromatic carbocycles. The van der Waals surface area contributed by atoms with Crippen LogP contribution in [0.15, 0.2) is 18.2 Å². The van der Waals surface area contributed by atoms with Crippen LogP contribution < -0.4 is 4.74 Å². The number of hydrogen-bond acceptors (Lipinski definition) is 1. The highest BCUT2D eigenvalue weighted by molar-refractivity contribution is 5.31. The molecule has 0 aromatic heterocycles. The minimum atomic E-state index is -0.0715. The van der Waals surface area contributed by atoms with Crippen LogP contribution in [0.25, 0.3) is 0 Å². The van der Waals surface area contributed by atoms with Crippen LogP contribution >= 0.6 is 0 Å². The second-order valence-electron chi connectivity index (χ2n) is 9.51. The minimum Gasteiger partial charge on any atom is -0.497 e. The fourth-order valence-electron chi connectivity index (χ4n) is 6.36. The highest BCUT2D eigenvalue weighted by Crippen LogP contribution is 2.51. The molecule has 0 spiro atoms. The smallest absolute Gasteiger partial charge is 0.130 e. The molecule has 144 valence electrons. The van der Waals surface area contributed by atoms with E-state index in [9.17, 15) is 4.39 Å². The van der Waals surface area contributed by atoms with Crippen molar-refractivity contribution in [3.8, 4) is 5.75 Å². The molecule has 3 aliphatic carbocycles. The molecule has 2 heteroatoms. The van der Waals surface area contributed by atoms with Gasteiger partial charge in [0.1, 0.15) is 11.6 Å². The number of benzene rings is 1. The third-order valence-corrected chi connectivity index (χ3v) is 8.03. The molecule has 0 amide bonds. The second-order valence-corrected chi connectivity index (χ2v) is 9.51. The molecule has 0 bridgehead atoms. The van der Waals surface area contributed by atoms with Gasteiger partial charge in [0, 0.05) is 6.07 Å². The summed E-state index contributed by atoms with van der Waals surface area (Å²) in [6.07, 6.45) is 13.8. The van der Waals surface area contributed by atoms with Crippen molar-refractivity contribution in [1.29, 1.82) is 0 Å². The lowest BCUT2D eigenvalue weighted by molar-refractivity contribution is 0.0728.